The van der Waals surface area contributed by atoms with Gasteiger partial charge in [0.15, 0.2) is 5.76 Å². The smallest absolute Gasteiger partial charge is 0.292 e. The molecule has 2 N–H and O–H groups in total. The molecule has 16 heavy (non-hydrogen) atoms. The molecule has 1 aromatic heterocycles. The molecule has 0 amide bonds. The minimum Gasteiger partial charge on any atom is -0.424 e. The van der Waals surface area contributed by atoms with E-state index in [2.05, 4.69) is 20.9 Å². The molecule has 6 nitrogen and oxygen atoms in total. The Balaban J connectivity index is 2.47. The Morgan fingerprint density at radius 2 is 2.25 bits per heavy atom. The lowest BCUT2D eigenvalue weighted by molar-refractivity contribution is -0.384. The fourth-order valence-electron chi connectivity index (χ4n) is 1.23. The predicted octanol–water partition coefficient (Wildman–Crippen LogP) is 2.59. The maximum atomic E-state index is 10.5. The van der Waals surface area contributed by atoms with Crippen LogP contribution in [0.3, 0.4) is 0 Å². The number of anilines is 1. The van der Waals surface area contributed by atoms with Crippen molar-refractivity contribution in [2.24, 2.45) is 0 Å². The fourth-order valence-corrected chi connectivity index (χ4v) is 1.79. The lowest BCUT2D eigenvalue weighted by atomic mass is 10.2. The highest BCUT2D eigenvalue weighted by molar-refractivity contribution is 9.10. The van der Waals surface area contributed by atoms with Gasteiger partial charge in [-0.1, -0.05) is 0 Å². The maximum Gasteiger partial charge on any atom is 0.292 e. The number of benzene rings is 1. The normalized spacial score (nSPS) is 10.3. The van der Waals surface area contributed by atoms with Gasteiger partial charge in [-0.15, -0.1) is 0 Å². The second-order valence-electron chi connectivity index (χ2n) is 2.98. The van der Waals surface area contributed by atoms with E-state index in [0.29, 0.717) is 15.8 Å². The van der Waals surface area contributed by atoms with Crippen LogP contribution in [0.15, 0.2) is 33.3 Å². The average molecular weight is 284 g/mol. The second-order valence-corrected chi connectivity index (χ2v) is 3.84. The number of nitrogens with two attached hydrogens (primary N) is 1. The average Bonchev–Trinajstić information content (AvgIpc) is 2.64. The first-order valence-electron chi connectivity index (χ1n) is 4.23. The molecule has 0 aliphatic carbocycles. The van der Waals surface area contributed by atoms with Crippen molar-refractivity contribution in [1.29, 1.82) is 0 Å². The van der Waals surface area contributed by atoms with E-state index in [1.54, 1.807) is 6.07 Å². The largest absolute Gasteiger partial charge is 0.424 e. The van der Waals surface area contributed by atoms with E-state index in [4.69, 9.17) is 10.2 Å². The van der Waals surface area contributed by atoms with Gasteiger partial charge in [-0.2, -0.15) is 0 Å². The van der Waals surface area contributed by atoms with Crippen LogP contribution in [-0.4, -0.2) is 9.91 Å². The minimum atomic E-state index is -0.469. The third-order valence-corrected chi connectivity index (χ3v) is 2.61. The summed E-state index contributed by atoms with van der Waals surface area (Å²) in [4.78, 5) is 13.8. The predicted molar refractivity (Wildman–Crippen MR) is 60.7 cm³/mol. The van der Waals surface area contributed by atoms with Gasteiger partial charge in [-0.25, -0.2) is 4.98 Å². The number of nitro groups is 1. The minimum absolute atomic E-state index is 0.00288. The summed E-state index contributed by atoms with van der Waals surface area (Å²) in [6, 6.07) is 4.41. The highest BCUT2D eigenvalue weighted by Crippen LogP contribution is 2.31. The zero-order valence-corrected chi connectivity index (χ0v) is 9.47. The number of nitrogen functional groups attached to an aromatic ring is 1. The van der Waals surface area contributed by atoms with Crippen molar-refractivity contribution in [3.63, 3.8) is 0 Å². The Morgan fingerprint density at radius 3 is 2.75 bits per heavy atom. The fraction of sp³-hybridized carbons (Fsp3) is 0. The Kier molecular flexibility index (Phi) is 2.61. The number of halogens is 1. The summed E-state index contributed by atoms with van der Waals surface area (Å²) >= 11 is 3.23. The van der Waals surface area contributed by atoms with Crippen LogP contribution in [0, 0.1) is 10.1 Å². The van der Waals surface area contributed by atoms with Gasteiger partial charge in [0.1, 0.15) is 0 Å². The van der Waals surface area contributed by atoms with Crippen molar-refractivity contribution in [1.82, 2.24) is 4.98 Å². The van der Waals surface area contributed by atoms with Crippen LogP contribution < -0.4 is 5.73 Å². The number of nitrogens with zero attached hydrogens (tertiary/aromatic N) is 2. The Labute approximate surface area is 98.4 Å². The van der Waals surface area contributed by atoms with Crippen LogP contribution in [0.1, 0.15) is 0 Å². The summed E-state index contributed by atoms with van der Waals surface area (Å²) in [5.41, 5.74) is 6.01. The molecule has 82 valence electrons. The monoisotopic (exact) mass is 283 g/mol. The molecule has 0 bridgehead atoms. The summed E-state index contributed by atoms with van der Waals surface area (Å²) in [6.07, 6.45) is 1.46. The number of non-ortho nitro benzene ring substituents is 1. The molecule has 0 fully saturated rings. The lowest BCUT2D eigenvalue weighted by Gasteiger charge is -1.99. The zero-order valence-electron chi connectivity index (χ0n) is 7.88. The number of hydrogen-bond acceptors (Lipinski definition) is 5. The van der Waals surface area contributed by atoms with Crippen LogP contribution in [0.5, 0.6) is 0 Å². The highest BCUT2D eigenvalue weighted by atomic mass is 79.9. The van der Waals surface area contributed by atoms with Gasteiger partial charge < -0.3 is 10.2 Å². The molecule has 0 spiro atoms. The van der Waals surface area contributed by atoms with Gasteiger partial charge in [0.25, 0.3) is 11.7 Å². The molecule has 1 heterocycles. The van der Waals surface area contributed by atoms with Gasteiger partial charge in [0.05, 0.1) is 11.1 Å². The Bertz CT molecular complexity index is 553. The van der Waals surface area contributed by atoms with E-state index in [1.807, 2.05) is 0 Å². The quantitative estimate of drug-likeness (QED) is 0.675. The first-order chi connectivity index (χ1) is 7.58. The molecular formula is C9H6BrN3O3. The topological polar surface area (TPSA) is 95.2 Å². The summed E-state index contributed by atoms with van der Waals surface area (Å²) in [7, 11) is 0. The van der Waals surface area contributed by atoms with E-state index < -0.39 is 4.92 Å². The first kappa shape index (κ1) is 10.6. The molecule has 0 unspecified atom stereocenters. The lowest BCUT2D eigenvalue weighted by Crippen LogP contribution is -1.88. The number of aromatic nitrogens is 1. The Morgan fingerprint density at radius 1 is 1.50 bits per heavy atom. The first-order valence-corrected chi connectivity index (χ1v) is 5.03. The third-order valence-electron chi connectivity index (χ3n) is 1.95. The van der Waals surface area contributed by atoms with Crippen molar-refractivity contribution in [2.45, 2.75) is 0 Å². The van der Waals surface area contributed by atoms with Crippen molar-refractivity contribution >= 4 is 27.6 Å². The van der Waals surface area contributed by atoms with Crippen molar-refractivity contribution in [3.8, 4) is 11.3 Å². The van der Waals surface area contributed by atoms with Gasteiger partial charge in [-0.05, 0) is 22.0 Å². The van der Waals surface area contributed by atoms with Crippen LogP contribution in [-0.2, 0) is 0 Å². The van der Waals surface area contributed by atoms with Gasteiger partial charge in [0, 0.05) is 22.2 Å². The van der Waals surface area contributed by atoms with Gasteiger partial charge >= 0.3 is 0 Å². The summed E-state index contributed by atoms with van der Waals surface area (Å²) < 4.78 is 5.67. The molecule has 0 radical (unpaired) electrons. The highest BCUT2D eigenvalue weighted by Gasteiger charge is 2.13. The van der Waals surface area contributed by atoms with Crippen molar-refractivity contribution < 1.29 is 9.34 Å². The van der Waals surface area contributed by atoms with Crippen LogP contribution in [0.2, 0.25) is 0 Å². The molecule has 2 aromatic rings. The van der Waals surface area contributed by atoms with Gasteiger partial charge in [-0.3, -0.25) is 10.1 Å². The Hall–Kier alpha value is -1.89. The molecule has 0 aliphatic heterocycles. The molecule has 7 heteroatoms. The standard InChI is InChI=1S/C9H6BrN3O3/c10-7-3-5(13(14)15)1-2-6(7)8-4-12-9(11)16-8/h1-4H,(H2,11,12). The van der Waals surface area contributed by atoms with E-state index in [9.17, 15) is 10.1 Å². The summed E-state index contributed by atoms with van der Waals surface area (Å²) in [5.74, 6) is 0.458. The molecule has 0 saturated heterocycles. The number of nitro benzene ring substituents is 1. The number of hydrogen-bond donors (Lipinski definition) is 1. The molecule has 0 aliphatic rings. The molecule has 2 rings (SSSR count). The number of rotatable bonds is 2. The maximum absolute atomic E-state index is 10.5. The van der Waals surface area contributed by atoms with E-state index in [0.717, 1.165) is 0 Å². The molecule has 0 saturated carbocycles. The van der Waals surface area contributed by atoms with Crippen LogP contribution >= 0.6 is 15.9 Å². The number of oxazole rings is 1. The molecular weight excluding hydrogens is 278 g/mol. The third kappa shape index (κ3) is 1.89. The van der Waals surface area contributed by atoms with E-state index in [1.165, 1.54) is 18.3 Å². The van der Waals surface area contributed by atoms with E-state index >= 15 is 0 Å². The van der Waals surface area contributed by atoms with Crippen LogP contribution in [0.25, 0.3) is 11.3 Å². The SMILES string of the molecule is Nc1ncc(-c2ccc([N+](=O)[O-])cc2Br)o1. The second kappa shape index (κ2) is 3.93. The van der Waals surface area contributed by atoms with Crippen molar-refractivity contribution in [2.75, 3.05) is 5.73 Å². The van der Waals surface area contributed by atoms with E-state index in [-0.39, 0.29) is 11.7 Å². The summed E-state index contributed by atoms with van der Waals surface area (Å²) in [5, 5.41) is 10.5. The summed E-state index contributed by atoms with van der Waals surface area (Å²) in [6.45, 7) is 0. The van der Waals surface area contributed by atoms with Crippen LogP contribution in [0.4, 0.5) is 11.7 Å². The molecule has 0 atom stereocenters. The zero-order chi connectivity index (χ0) is 11.7. The van der Waals surface area contributed by atoms with Gasteiger partial charge in [0.2, 0.25) is 0 Å². The van der Waals surface area contributed by atoms with Crippen molar-refractivity contribution in [3.05, 3.63) is 39.0 Å². The molecule has 1 aromatic carbocycles.